The van der Waals surface area contributed by atoms with Crippen molar-refractivity contribution in [2.45, 2.75) is 6.18 Å². The van der Waals surface area contributed by atoms with Crippen LogP contribution in [0.25, 0.3) is 0 Å². The zero-order chi connectivity index (χ0) is 14.5. The maximum absolute atomic E-state index is 12.3. The molecule has 0 aliphatic rings. The van der Waals surface area contributed by atoms with Crippen LogP contribution in [0.2, 0.25) is 0 Å². The molecule has 0 fully saturated rings. The second kappa shape index (κ2) is 6.28. The Kier molecular flexibility index (Phi) is 4.99. The number of amides is 1. The van der Waals surface area contributed by atoms with Crippen LogP contribution in [-0.4, -0.2) is 42.9 Å². The third kappa shape index (κ3) is 4.66. The highest BCUT2D eigenvalue weighted by atomic mass is 19.4. The van der Waals surface area contributed by atoms with E-state index in [0.717, 1.165) is 11.1 Å². The lowest BCUT2D eigenvalue weighted by molar-refractivity contribution is -0.137. The first kappa shape index (κ1) is 15.1. The summed E-state index contributed by atoms with van der Waals surface area (Å²) in [7, 11) is 2.77. The van der Waals surface area contributed by atoms with Crippen LogP contribution in [0.3, 0.4) is 0 Å². The highest BCUT2D eigenvalue weighted by Crippen LogP contribution is 2.28. The van der Waals surface area contributed by atoms with E-state index < -0.39 is 11.7 Å². The number of methoxy groups -OCH3 is 1. The average molecular weight is 275 g/mol. The van der Waals surface area contributed by atoms with Crippen LogP contribution < -0.4 is 0 Å². The monoisotopic (exact) mass is 275 g/mol. The summed E-state index contributed by atoms with van der Waals surface area (Å²) in [4.78, 5) is 14.9. The van der Waals surface area contributed by atoms with Crippen molar-refractivity contribution in [3.05, 3.63) is 29.6 Å². The fourth-order valence-corrected chi connectivity index (χ4v) is 1.08. The first-order valence-electron chi connectivity index (χ1n) is 5.17. The predicted molar refractivity (Wildman–Crippen MR) is 61.5 cm³/mol. The van der Waals surface area contributed by atoms with E-state index >= 15 is 0 Å². The molecule has 0 aliphatic heterocycles. The molecule has 0 radical (unpaired) electrons. The fourth-order valence-electron chi connectivity index (χ4n) is 1.08. The Morgan fingerprint density at radius 2 is 2.21 bits per heavy atom. The summed E-state index contributed by atoms with van der Waals surface area (Å²) >= 11 is 0. The van der Waals surface area contributed by atoms with Crippen molar-refractivity contribution in [3.63, 3.8) is 0 Å². The van der Waals surface area contributed by atoms with Crippen molar-refractivity contribution in [2.24, 2.45) is 5.10 Å². The number of rotatable bonds is 4. The van der Waals surface area contributed by atoms with E-state index in [4.69, 9.17) is 0 Å². The van der Waals surface area contributed by atoms with E-state index in [1.54, 1.807) is 0 Å². The number of hydrazone groups is 1. The Labute approximate surface area is 107 Å². The smallest absolute Gasteiger partial charge is 0.375 e. The third-order valence-electron chi connectivity index (χ3n) is 2.11. The predicted octanol–water partition coefficient (Wildman–Crippen LogP) is 1.54. The summed E-state index contributed by atoms with van der Waals surface area (Å²) in [6.07, 6.45) is -2.53. The molecule has 0 saturated heterocycles. The zero-order valence-corrected chi connectivity index (χ0v) is 10.3. The SMILES string of the molecule is COCC(=O)N(C)N=Cc1ccc(C(F)(F)F)cn1. The largest absolute Gasteiger partial charge is 0.417 e. The Morgan fingerprint density at radius 3 is 2.68 bits per heavy atom. The van der Waals surface area contributed by atoms with Crippen LogP contribution in [0.5, 0.6) is 0 Å². The van der Waals surface area contributed by atoms with E-state index in [2.05, 4.69) is 14.8 Å². The molecule has 0 atom stereocenters. The van der Waals surface area contributed by atoms with E-state index in [0.29, 0.717) is 6.20 Å². The van der Waals surface area contributed by atoms with Crippen molar-refractivity contribution in [2.75, 3.05) is 20.8 Å². The minimum Gasteiger partial charge on any atom is -0.375 e. The third-order valence-corrected chi connectivity index (χ3v) is 2.11. The summed E-state index contributed by atoms with van der Waals surface area (Å²) < 4.78 is 41.5. The molecule has 1 rings (SSSR count). The Bertz CT molecular complexity index is 457. The molecule has 1 heterocycles. The van der Waals surface area contributed by atoms with Crippen LogP contribution in [0.4, 0.5) is 13.2 Å². The highest BCUT2D eigenvalue weighted by Gasteiger charge is 2.30. The Balaban J connectivity index is 2.70. The summed E-state index contributed by atoms with van der Waals surface area (Å²) in [5.74, 6) is -0.384. The van der Waals surface area contributed by atoms with Crippen molar-refractivity contribution in [3.8, 4) is 0 Å². The normalized spacial score (nSPS) is 11.8. The number of carbonyl (C=O) groups excluding carboxylic acids is 1. The molecule has 1 aromatic rings. The standard InChI is InChI=1S/C11H12F3N3O2/c1-17(10(18)7-19-2)16-6-9-4-3-8(5-15-9)11(12,13)14/h3-6H,7H2,1-2H3. The molecular weight excluding hydrogens is 263 g/mol. The number of alkyl halides is 3. The quantitative estimate of drug-likeness (QED) is 0.618. The van der Waals surface area contributed by atoms with Gasteiger partial charge < -0.3 is 4.74 Å². The minimum atomic E-state index is -4.42. The van der Waals surface area contributed by atoms with Crippen molar-refractivity contribution >= 4 is 12.1 Å². The van der Waals surface area contributed by atoms with Crippen molar-refractivity contribution in [1.82, 2.24) is 9.99 Å². The van der Waals surface area contributed by atoms with Gasteiger partial charge in [0.2, 0.25) is 0 Å². The second-order valence-electron chi connectivity index (χ2n) is 3.56. The van der Waals surface area contributed by atoms with Gasteiger partial charge in [0.25, 0.3) is 5.91 Å². The average Bonchev–Trinajstić information content (AvgIpc) is 2.35. The van der Waals surface area contributed by atoms with Crippen LogP contribution >= 0.6 is 0 Å². The number of carbonyl (C=O) groups is 1. The summed E-state index contributed by atoms with van der Waals surface area (Å²) in [6.45, 7) is -0.131. The van der Waals surface area contributed by atoms with Gasteiger partial charge in [-0.15, -0.1) is 0 Å². The first-order valence-corrected chi connectivity index (χ1v) is 5.17. The Hall–Kier alpha value is -1.96. The van der Waals surface area contributed by atoms with Crippen LogP contribution in [0.15, 0.2) is 23.4 Å². The van der Waals surface area contributed by atoms with Gasteiger partial charge in [-0.25, -0.2) is 5.01 Å². The van der Waals surface area contributed by atoms with Gasteiger partial charge in [0.05, 0.1) is 17.5 Å². The van der Waals surface area contributed by atoms with Gasteiger partial charge in [0, 0.05) is 20.4 Å². The summed E-state index contributed by atoms with van der Waals surface area (Å²) in [5.41, 5.74) is -0.626. The molecule has 0 bridgehead atoms. The molecule has 0 aromatic carbocycles. The van der Waals surface area contributed by atoms with Crippen LogP contribution in [0, 0.1) is 0 Å². The summed E-state index contributed by atoms with van der Waals surface area (Å²) in [5, 5.41) is 4.76. The number of ether oxygens (including phenoxy) is 1. The number of hydrogen-bond donors (Lipinski definition) is 0. The van der Waals surface area contributed by atoms with Gasteiger partial charge in [0.15, 0.2) is 0 Å². The molecule has 5 nitrogen and oxygen atoms in total. The maximum Gasteiger partial charge on any atom is 0.417 e. The number of likely N-dealkylation sites (N-methyl/N-ethyl adjacent to an activating group) is 1. The molecule has 104 valence electrons. The lowest BCUT2D eigenvalue weighted by atomic mass is 10.2. The number of pyridine rings is 1. The Morgan fingerprint density at radius 1 is 1.53 bits per heavy atom. The lowest BCUT2D eigenvalue weighted by Crippen LogP contribution is -2.25. The van der Waals surface area contributed by atoms with Crippen LogP contribution in [-0.2, 0) is 15.7 Å². The van der Waals surface area contributed by atoms with Gasteiger partial charge in [-0.05, 0) is 12.1 Å². The van der Waals surface area contributed by atoms with Crippen molar-refractivity contribution in [1.29, 1.82) is 0 Å². The summed E-state index contributed by atoms with van der Waals surface area (Å²) in [6, 6.07) is 2.06. The second-order valence-corrected chi connectivity index (χ2v) is 3.56. The molecule has 8 heteroatoms. The topological polar surface area (TPSA) is 54.8 Å². The van der Waals surface area contributed by atoms with Gasteiger partial charge in [-0.2, -0.15) is 18.3 Å². The number of hydrogen-bond acceptors (Lipinski definition) is 4. The first-order chi connectivity index (χ1) is 8.84. The number of aromatic nitrogens is 1. The minimum absolute atomic E-state index is 0.131. The molecule has 0 spiro atoms. The van der Waals surface area contributed by atoms with Gasteiger partial charge in [0.1, 0.15) is 6.61 Å². The molecule has 0 unspecified atom stereocenters. The molecular formula is C11H12F3N3O2. The molecule has 0 N–H and O–H groups in total. The molecule has 1 aromatic heterocycles. The van der Waals surface area contributed by atoms with Crippen molar-refractivity contribution < 1.29 is 22.7 Å². The van der Waals surface area contributed by atoms with E-state index in [-0.39, 0.29) is 18.2 Å². The lowest BCUT2D eigenvalue weighted by Gasteiger charge is -2.09. The van der Waals surface area contributed by atoms with E-state index in [9.17, 15) is 18.0 Å². The molecule has 0 saturated carbocycles. The zero-order valence-electron chi connectivity index (χ0n) is 10.3. The molecule has 1 amide bonds. The van der Waals surface area contributed by atoms with E-state index in [1.807, 2.05) is 0 Å². The molecule has 19 heavy (non-hydrogen) atoms. The van der Waals surface area contributed by atoms with Gasteiger partial charge >= 0.3 is 6.18 Å². The highest BCUT2D eigenvalue weighted by molar-refractivity contribution is 5.81. The van der Waals surface area contributed by atoms with Gasteiger partial charge in [-0.3, -0.25) is 9.78 Å². The number of halogens is 3. The van der Waals surface area contributed by atoms with Gasteiger partial charge in [-0.1, -0.05) is 0 Å². The van der Waals surface area contributed by atoms with Crippen LogP contribution in [0.1, 0.15) is 11.3 Å². The van der Waals surface area contributed by atoms with E-state index in [1.165, 1.54) is 26.4 Å². The maximum atomic E-state index is 12.3. The molecule has 0 aliphatic carbocycles. The number of nitrogens with zero attached hydrogens (tertiary/aromatic N) is 3. The fraction of sp³-hybridized carbons (Fsp3) is 0.364.